The largest absolute Gasteiger partial charge is 0.481 e. The number of benzene rings is 1. The standard InChI is InChI=1S/C12H11F2N3O/c1-7(10-4-5-16-12(15)17-10)18-11-3-2-8(13)6-9(11)14/h2-7H,1H3,(H2,15,16,17)/t7-/m1/s1. The van der Waals surface area contributed by atoms with Gasteiger partial charge in [0.25, 0.3) is 0 Å². The first-order valence-electron chi connectivity index (χ1n) is 5.26. The van der Waals surface area contributed by atoms with Crippen molar-refractivity contribution in [2.75, 3.05) is 5.73 Å². The zero-order chi connectivity index (χ0) is 13.1. The Morgan fingerprint density at radius 2 is 2.06 bits per heavy atom. The molecule has 2 rings (SSSR count). The van der Waals surface area contributed by atoms with Gasteiger partial charge in [0, 0.05) is 12.3 Å². The molecule has 1 aromatic heterocycles. The van der Waals surface area contributed by atoms with E-state index < -0.39 is 17.7 Å². The van der Waals surface area contributed by atoms with Crippen molar-refractivity contribution in [2.45, 2.75) is 13.0 Å². The van der Waals surface area contributed by atoms with E-state index in [9.17, 15) is 8.78 Å². The van der Waals surface area contributed by atoms with Crippen molar-refractivity contribution < 1.29 is 13.5 Å². The van der Waals surface area contributed by atoms with Crippen molar-refractivity contribution in [2.24, 2.45) is 0 Å². The number of nitrogens with two attached hydrogens (primary N) is 1. The Morgan fingerprint density at radius 3 is 2.72 bits per heavy atom. The topological polar surface area (TPSA) is 61.0 Å². The fraction of sp³-hybridized carbons (Fsp3) is 0.167. The Hall–Kier alpha value is -2.24. The molecule has 0 fully saturated rings. The number of aromatic nitrogens is 2. The minimum Gasteiger partial charge on any atom is -0.481 e. The van der Waals surface area contributed by atoms with Crippen LogP contribution in [0.15, 0.2) is 30.5 Å². The molecule has 2 aromatic rings. The van der Waals surface area contributed by atoms with Crippen LogP contribution in [0.25, 0.3) is 0 Å². The number of hydrogen-bond donors (Lipinski definition) is 1. The van der Waals surface area contributed by atoms with Crippen LogP contribution >= 0.6 is 0 Å². The van der Waals surface area contributed by atoms with Crippen molar-refractivity contribution in [3.63, 3.8) is 0 Å². The summed E-state index contributed by atoms with van der Waals surface area (Å²) < 4.78 is 31.5. The molecule has 2 N–H and O–H groups in total. The van der Waals surface area contributed by atoms with Gasteiger partial charge >= 0.3 is 0 Å². The van der Waals surface area contributed by atoms with Gasteiger partial charge in [0.15, 0.2) is 11.6 Å². The first kappa shape index (κ1) is 12.2. The molecule has 4 nitrogen and oxygen atoms in total. The lowest BCUT2D eigenvalue weighted by Crippen LogP contribution is -2.08. The highest BCUT2D eigenvalue weighted by atomic mass is 19.1. The third kappa shape index (κ3) is 2.71. The molecule has 1 aromatic carbocycles. The van der Waals surface area contributed by atoms with Crippen LogP contribution in [-0.2, 0) is 0 Å². The normalized spacial score (nSPS) is 12.2. The lowest BCUT2D eigenvalue weighted by atomic mass is 10.2. The number of rotatable bonds is 3. The average Bonchev–Trinajstić information content (AvgIpc) is 2.32. The lowest BCUT2D eigenvalue weighted by Gasteiger charge is -2.14. The SMILES string of the molecule is C[C@@H](Oc1ccc(F)cc1F)c1ccnc(N)n1. The summed E-state index contributed by atoms with van der Waals surface area (Å²) in [6.45, 7) is 1.69. The van der Waals surface area contributed by atoms with Gasteiger partial charge in [0.1, 0.15) is 11.9 Å². The highest BCUT2D eigenvalue weighted by Gasteiger charge is 2.12. The van der Waals surface area contributed by atoms with Crippen LogP contribution in [0.3, 0.4) is 0 Å². The van der Waals surface area contributed by atoms with Crippen molar-refractivity contribution >= 4 is 5.95 Å². The summed E-state index contributed by atoms with van der Waals surface area (Å²) in [6.07, 6.45) is 0.966. The third-order valence-electron chi connectivity index (χ3n) is 2.31. The molecule has 0 unspecified atom stereocenters. The third-order valence-corrected chi connectivity index (χ3v) is 2.31. The van der Waals surface area contributed by atoms with E-state index in [4.69, 9.17) is 10.5 Å². The molecule has 0 aliphatic rings. The Kier molecular flexibility index (Phi) is 3.36. The van der Waals surface area contributed by atoms with Gasteiger partial charge in [0.2, 0.25) is 5.95 Å². The monoisotopic (exact) mass is 251 g/mol. The van der Waals surface area contributed by atoms with Crippen LogP contribution in [0, 0.1) is 11.6 Å². The molecule has 1 heterocycles. The van der Waals surface area contributed by atoms with Crippen LogP contribution in [0.1, 0.15) is 18.7 Å². The summed E-state index contributed by atoms with van der Waals surface area (Å²) in [7, 11) is 0. The summed E-state index contributed by atoms with van der Waals surface area (Å²) in [4.78, 5) is 7.71. The second kappa shape index (κ2) is 4.95. The van der Waals surface area contributed by atoms with E-state index in [0.717, 1.165) is 12.1 Å². The predicted molar refractivity (Wildman–Crippen MR) is 61.8 cm³/mol. The van der Waals surface area contributed by atoms with Gasteiger partial charge in [-0.3, -0.25) is 0 Å². The van der Waals surface area contributed by atoms with E-state index in [-0.39, 0.29) is 11.7 Å². The summed E-state index contributed by atoms with van der Waals surface area (Å²) in [5.74, 6) is -1.34. The van der Waals surface area contributed by atoms with E-state index in [2.05, 4.69) is 9.97 Å². The number of hydrogen-bond acceptors (Lipinski definition) is 4. The van der Waals surface area contributed by atoms with E-state index in [1.54, 1.807) is 13.0 Å². The van der Waals surface area contributed by atoms with Gasteiger partial charge < -0.3 is 10.5 Å². The Labute approximate surface area is 102 Å². The summed E-state index contributed by atoms with van der Waals surface area (Å²) in [5, 5.41) is 0. The second-order valence-corrected chi connectivity index (χ2v) is 3.67. The van der Waals surface area contributed by atoms with Crippen LogP contribution in [0.5, 0.6) is 5.75 Å². The van der Waals surface area contributed by atoms with Gasteiger partial charge in [0.05, 0.1) is 5.69 Å². The maximum atomic E-state index is 13.4. The van der Waals surface area contributed by atoms with Gasteiger partial charge in [-0.2, -0.15) is 0 Å². The lowest BCUT2D eigenvalue weighted by molar-refractivity contribution is 0.211. The fourth-order valence-electron chi connectivity index (χ4n) is 1.44. The van der Waals surface area contributed by atoms with E-state index >= 15 is 0 Å². The molecular formula is C12H11F2N3O. The van der Waals surface area contributed by atoms with Crippen molar-refractivity contribution in [3.8, 4) is 5.75 Å². The summed E-state index contributed by atoms with van der Waals surface area (Å²) in [5.41, 5.74) is 5.96. The highest BCUT2D eigenvalue weighted by Crippen LogP contribution is 2.24. The predicted octanol–water partition coefficient (Wildman–Crippen LogP) is 2.48. The first-order chi connectivity index (χ1) is 8.56. The van der Waals surface area contributed by atoms with Gasteiger partial charge in [-0.1, -0.05) is 0 Å². The minimum atomic E-state index is -0.760. The molecule has 0 bridgehead atoms. The van der Waals surface area contributed by atoms with Gasteiger partial charge in [-0.05, 0) is 25.1 Å². The van der Waals surface area contributed by atoms with Crippen LogP contribution < -0.4 is 10.5 Å². The molecule has 18 heavy (non-hydrogen) atoms. The number of nitrogens with zero attached hydrogens (tertiary/aromatic N) is 2. The molecule has 0 amide bonds. The van der Waals surface area contributed by atoms with E-state index in [1.165, 1.54) is 12.3 Å². The number of halogens is 2. The van der Waals surface area contributed by atoms with E-state index in [0.29, 0.717) is 5.69 Å². The molecule has 0 aliphatic carbocycles. The molecule has 0 aliphatic heterocycles. The van der Waals surface area contributed by atoms with Crippen molar-refractivity contribution in [3.05, 3.63) is 47.8 Å². The number of ether oxygens (including phenoxy) is 1. The van der Waals surface area contributed by atoms with Crippen LogP contribution in [-0.4, -0.2) is 9.97 Å². The average molecular weight is 251 g/mol. The Morgan fingerprint density at radius 1 is 1.28 bits per heavy atom. The second-order valence-electron chi connectivity index (χ2n) is 3.67. The Balaban J connectivity index is 2.18. The molecule has 0 saturated carbocycles. The van der Waals surface area contributed by atoms with E-state index in [1.807, 2.05) is 0 Å². The van der Waals surface area contributed by atoms with Crippen LogP contribution in [0.4, 0.5) is 14.7 Å². The first-order valence-corrected chi connectivity index (χ1v) is 5.26. The van der Waals surface area contributed by atoms with Gasteiger partial charge in [-0.25, -0.2) is 18.7 Å². The maximum absolute atomic E-state index is 13.4. The molecule has 94 valence electrons. The zero-order valence-electron chi connectivity index (χ0n) is 9.60. The number of nitrogen functional groups attached to an aromatic ring is 1. The highest BCUT2D eigenvalue weighted by molar-refractivity contribution is 5.26. The molecule has 0 saturated heterocycles. The quantitative estimate of drug-likeness (QED) is 0.910. The Bertz CT molecular complexity index is 563. The van der Waals surface area contributed by atoms with Crippen LogP contribution in [0.2, 0.25) is 0 Å². The van der Waals surface area contributed by atoms with Crippen molar-refractivity contribution in [1.29, 1.82) is 0 Å². The number of anilines is 1. The summed E-state index contributed by atoms with van der Waals surface area (Å²) in [6, 6.07) is 4.73. The maximum Gasteiger partial charge on any atom is 0.220 e. The molecular weight excluding hydrogens is 240 g/mol. The molecule has 6 heteroatoms. The van der Waals surface area contributed by atoms with Crippen molar-refractivity contribution in [1.82, 2.24) is 9.97 Å². The van der Waals surface area contributed by atoms with Gasteiger partial charge in [-0.15, -0.1) is 0 Å². The fourth-order valence-corrected chi connectivity index (χ4v) is 1.44. The summed E-state index contributed by atoms with van der Waals surface area (Å²) >= 11 is 0. The zero-order valence-corrected chi connectivity index (χ0v) is 9.60. The molecule has 1 atom stereocenters. The molecule has 0 spiro atoms. The minimum absolute atomic E-state index is 0.0407. The smallest absolute Gasteiger partial charge is 0.220 e. The molecule has 0 radical (unpaired) electrons.